The molecule has 0 saturated heterocycles. The molecule has 1 saturated carbocycles. The average Bonchev–Trinajstić information content (AvgIpc) is 2.62. The van der Waals surface area contributed by atoms with Gasteiger partial charge in [0.05, 0.1) is 11.0 Å². The van der Waals surface area contributed by atoms with E-state index in [9.17, 15) is 8.42 Å². The maximum absolute atomic E-state index is 11.9. The minimum absolute atomic E-state index is 0.0169. The summed E-state index contributed by atoms with van der Waals surface area (Å²) in [6, 6.07) is 0. The highest BCUT2D eigenvalue weighted by Crippen LogP contribution is 2.30. The van der Waals surface area contributed by atoms with Gasteiger partial charge in [-0.1, -0.05) is 25.7 Å². The summed E-state index contributed by atoms with van der Waals surface area (Å²) in [5, 5.41) is -0.288. The second kappa shape index (κ2) is 7.04. The molecule has 0 unspecified atom stereocenters. The molecule has 1 rings (SSSR count). The smallest absolute Gasteiger partial charge is 0.153 e. The van der Waals surface area contributed by atoms with Crippen molar-refractivity contribution in [3.05, 3.63) is 0 Å². The fourth-order valence-corrected chi connectivity index (χ4v) is 3.87. The second-order valence-corrected chi connectivity index (χ2v) is 8.86. The predicted molar refractivity (Wildman–Crippen MR) is 81.0 cm³/mol. The number of hydrogen-bond donors (Lipinski definition) is 1. The van der Waals surface area contributed by atoms with E-state index >= 15 is 0 Å². The third-order valence-corrected chi connectivity index (χ3v) is 6.84. The molecule has 1 aliphatic carbocycles. The van der Waals surface area contributed by atoms with Crippen LogP contribution in [0.5, 0.6) is 0 Å². The van der Waals surface area contributed by atoms with Crippen LogP contribution >= 0.6 is 0 Å². The summed E-state index contributed by atoms with van der Waals surface area (Å²) in [5.74, 6) is 0.239. The lowest BCUT2D eigenvalue weighted by molar-refractivity contribution is 0.114. The largest absolute Gasteiger partial charge is 0.329 e. The van der Waals surface area contributed by atoms with Gasteiger partial charge in [-0.05, 0) is 33.7 Å². The highest BCUT2D eigenvalue weighted by atomic mass is 32.2. The van der Waals surface area contributed by atoms with Gasteiger partial charge >= 0.3 is 0 Å². The maximum atomic E-state index is 11.9. The van der Waals surface area contributed by atoms with Crippen molar-refractivity contribution in [2.45, 2.75) is 63.2 Å². The van der Waals surface area contributed by atoms with Crippen LogP contribution < -0.4 is 5.73 Å². The van der Waals surface area contributed by atoms with E-state index in [2.05, 4.69) is 4.90 Å². The van der Waals surface area contributed by atoms with E-state index in [4.69, 9.17) is 5.73 Å². The molecular weight excluding hydrogens is 260 g/mol. The van der Waals surface area contributed by atoms with Gasteiger partial charge in [0.25, 0.3) is 0 Å². The van der Waals surface area contributed by atoms with Crippen LogP contribution in [-0.2, 0) is 9.84 Å². The Morgan fingerprint density at radius 3 is 2.11 bits per heavy atom. The van der Waals surface area contributed by atoms with Gasteiger partial charge in [0.15, 0.2) is 9.84 Å². The fourth-order valence-electron chi connectivity index (χ4n) is 2.87. The molecular formula is C14H30N2O2S. The molecule has 1 fully saturated rings. The van der Waals surface area contributed by atoms with Crippen molar-refractivity contribution in [3.8, 4) is 0 Å². The van der Waals surface area contributed by atoms with Crippen LogP contribution in [0.15, 0.2) is 0 Å². The molecule has 0 atom stereocenters. The Bertz CT molecular complexity index is 358. The monoisotopic (exact) mass is 290 g/mol. The molecule has 0 amide bonds. The average molecular weight is 290 g/mol. The van der Waals surface area contributed by atoms with Crippen molar-refractivity contribution in [1.82, 2.24) is 4.90 Å². The zero-order valence-electron chi connectivity index (χ0n) is 12.7. The lowest BCUT2D eigenvalue weighted by Crippen LogP contribution is -2.53. The molecule has 19 heavy (non-hydrogen) atoms. The van der Waals surface area contributed by atoms with Crippen molar-refractivity contribution in [2.75, 3.05) is 25.9 Å². The molecule has 0 aromatic heterocycles. The van der Waals surface area contributed by atoms with E-state index in [1.807, 2.05) is 7.05 Å². The Morgan fingerprint density at radius 2 is 1.68 bits per heavy atom. The molecule has 0 bridgehead atoms. The third-order valence-electron chi connectivity index (χ3n) is 4.65. The van der Waals surface area contributed by atoms with Gasteiger partial charge in [0.1, 0.15) is 0 Å². The number of nitrogens with two attached hydrogens (primary N) is 1. The Hall–Kier alpha value is -0.130. The summed E-state index contributed by atoms with van der Waals surface area (Å²) in [7, 11) is -0.923. The van der Waals surface area contributed by atoms with E-state index in [1.54, 1.807) is 13.8 Å². The zero-order valence-corrected chi connectivity index (χ0v) is 13.5. The van der Waals surface area contributed by atoms with Gasteiger partial charge < -0.3 is 5.73 Å². The second-order valence-electron chi connectivity index (χ2n) is 6.18. The predicted octanol–water partition coefficient (Wildman–Crippen LogP) is 1.79. The molecule has 114 valence electrons. The molecule has 0 spiro atoms. The van der Waals surface area contributed by atoms with Crippen LogP contribution in [0.2, 0.25) is 0 Å². The van der Waals surface area contributed by atoms with Gasteiger partial charge in [0.2, 0.25) is 0 Å². The van der Waals surface area contributed by atoms with E-state index in [-0.39, 0.29) is 16.5 Å². The number of sulfone groups is 1. The SMILES string of the molecule is CC(C)S(=O)(=O)CCN(C)C1(CN)CCCCCC1. The molecule has 0 aromatic carbocycles. The summed E-state index contributed by atoms with van der Waals surface area (Å²) in [6.07, 6.45) is 7.17. The molecule has 2 N–H and O–H groups in total. The topological polar surface area (TPSA) is 63.4 Å². The molecule has 4 nitrogen and oxygen atoms in total. The molecule has 0 radical (unpaired) electrons. The first-order valence-corrected chi connectivity index (χ1v) is 9.18. The number of rotatable bonds is 6. The Balaban J connectivity index is 2.66. The van der Waals surface area contributed by atoms with Crippen molar-refractivity contribution in [3.63, 3.8) is 0 Å². The first-order valence-electron chi connectivity index (χ1n) is 7.47. The van der Waals surface area contributed by atoms with Gasteiger partial charge in [-0.3, -0.25) is 4.90 Å². The van der Waals surface area contributed by atoms with Crippen LogP contribution in [0.4, 0.5) is 0 Å². The highest BCUT2D eigenvalue weighted by molar-refractivity contribution is 7.92. The molecule has 0 aromatic rings. The van der Waals surface area contributed by atoms with Gasteiger partial charge in [0, 0.05) is 18.6 Å². The van der Waals surface area contributed by atoms with Crippen molar-refractivity contribution in [1.29, 1.82) is 0 Å². The molecule has 0 heterocycles. The van der Waals surface area contributed by atoms with Crippen molar-refractivity contribution < 1.29 is 8.42 Å². The van der Waals surface area contributed by atoms with Crippen LogP contribution in [0.3, 0.4) is 0 Å². The minimum Gasteiger partial charge on any atom is -0.329 e. The quantitative estimate of drug-likeness (QED) is 0.758. The van der Waals surface area contributed by atoms with Crippen LogP contribution in [-0.4, -0.2) is 50.0 Å². The van der Waals surface area contributed by atoms with Gasteiger partial charge in [-0.15, -0.1) is 0 Å². The fraction of sp³-hybridized carbons (Fsp3) is 1.00. The van der Waals surface area contributed by atoms with Gasteiger partial charge in [-0.25, -0.2) is 8.42 Å². The van der Waals surface area contributed by atoms with E-state index in [0.717, 1.165) is 12.8 Å². The zero-order chi connectivity index (χ0) is 14.5. The normalized spacial score (nSPS) is 20.7. The summed E-state index contributed by atoms with van der Waals surface area (Å²) >= 11 is 0. The maximum Gasteiger partial charge on any atom is 0.153 e. The summed E-state index contributed by atoms with van der Waals surface area (Å²) in [6.45, 7) is 4.72. The molecule has 1 aliphatic rings. The van der Waals surface area contributed by atoms with Crippen LogP contribution in [0.1, 0.15) is 52.4 Å². The third kappa shape index (κ3) is 4.43. The summed E-state index contributed by atoms with van der Waals surface area (Å²) < 4.78 is 23.8. The summed E-state index contributed by atoms with van der Waals surface area (Å²) in [5.41, 5.74) is 6.03. The Labute approximate surface area is 118 Å². The first kappa shape index (κ1) is 16.9. The lowest BCUT2D eigenvalue weighted by atomic mass is 9.88. The minimum atomic E-state index is -2.96. The lowest BCUT2D eigenvalue weighted by Gasteiger charge is -2.41. The van der Waals surface area contributed by atoms with Crippen LogP contribution in [0, 0.1) is 0 Å². The molecule has 5 heteroatoms. The summed E-state index contributed by atoms with van der Waals surface area (Å²) in [4.78, 5) is 2.21. The highest BCUT2D eigenvalue weighted by Gasteiger charge is 2.34. The van der Waals surface area contributed by atoms with Gasteiger partial charge in [-0.2, -0.15) is 0 Å². The number of nitrogens with zero attached hydrogens (tertiary/aromatic N) is 1. The van der Waals surface area contributed by atoms with Crippen LogP contribution in [0.25, 0.3) is 0 Å². The Morgan fingerprint density at radius 1 is 1.16 bits per heavy atom. The van der Waals surface area contributed by atoms with E-state index in [0.29, 0.717) is 13.1 Å². The first-order chi connectivity index (χ1) is 8.84. The van der Waals surface area contributed by atoms with Crippen molar-refractivity contribution in [2.24, 2.45) is 5.73 Å². The van der Waals surface area contributed by atoms with Crippen molar-refractivity contribution >= 4 is 9.84 Å². The van der Waals surface area contributed by atoms with E-state index < -0.39 is 9.84 Å². The standard InChI is InChI=1S/C14H30N2O2S/c1-13(2)19(17,18)11-10-16(3)14(12-15)8-6-4-5-7-9-14/h13H,4-12,15H2,1-3H3. The molecule has 0 aliphatic heterocycles. The Kier molecular flexibility index (Phi) is 6.27. The number of likely N-dealkylation sites (N-methyl/N-ethyl adjacent to an activating group) is 1. The number of hydrogen-bond acceptors (Lipinski definition) is 4. The van der Waals surface area contributed by atoms with E-state index in [1.165, 1.54) is 25.7 Å².